The van der Waals surface area contributed by atoms with Crippen LogP contribution in [-0.2, 0) is 6.18 Å². The highest BCUT2D eigenvalue weighted by molar-refractivity contribution is 7.99. The fourth-order valence-corrected chi connectivity index (χ4v) is 4.16. The number of hydrogen-bond donors (Lipinski definition) is 1. The molecule has 132 valence electrons. The van der Waals surface area contributed by atoms with Gasteiger partial charge in [0, 0.05) is 17.4 Å². The predicted octanol–water partition coefficient (Wildman–Crippen LogP) is 3.67. The number of halogens is 4. The monoisotopic (exact) mass is 388 g/mol. The molecule has 1 fully saturated rings. The maximum atomic E-state index is 13.3. The first kappa shape index (κ1) is 16.9. The fraction of sp³-hybridized carbons (Fsp3) is 0.400. The zero-order valence-electron chi connectivity index (χ0n) is 12.7. The van der Waals surface area contributed by atoms with Gasteiger partial charge in [-0.2, -0.15) is 13.2 Å². The topological polar surface area (TPSA) is 63.3 Å². The van der Waals surface area contributed by atoms with E-state index in [1.807, 2.05) is 0 Å². The van der Waals surface area contributed by atoms with E-state index in [4.69, 9.17) is 16.7 Å². The molecule has 2 heterocycles. The van der Waals surface area contributed by atoms with Crippen molar-refractivity contribution < 1.29 is 18.3 Å². The molecule has 1 aliphatic carbocycles. The summed E-state index contributed by atoms with van der Waals surface area (Å²) in [6.45, 7) is 0.132. The van der Waals surface area contributed by atoms with Crippen LogP contribution in [-0.4, -0.2) is 37.0 Å². The Kier molecular flexibility index (Phi) is 4.04. The second-order valence-electron chi connectivity index (χ2n) is 5.98. The Labute approximate surface area is 149 Å². The van der Waals surface area contributed by atoms with Crippen molar-refractivity contribution >= 4 is 40.0 Å². The molecule has 0 radical (unpaired) electrons. The quantitative estimate of drug-likeness (QED) is 0.691. The van der Waals surface area contributed by atoms with Gasteiger partial charge < -0.3 is 5.11 Å². The standard InChI is InChI=1S/C15H12ClF3N4OS/c16-9-1-2-10-11(4-9)23-12(21-22-14(23)15(17,18)19)13(20-10)25-6-8-3-7(8)5-24/h1-2,4,7-8,24H,3,5-6H2/t7-,8-/m0/s1. The average Bonchev–Trinajstić information content (AvgIpc) is 3.16. The van der Waals surface area contributed by atoms with E-state index >= 15 is 0 Å². The highest BCUT2D eigenvalue weighted by Gasteiger charge is 2.39. The molecule has 10 heteroatoms. The number of benzene rings is 1. The number of thioether (sulfide) groups is 1. The van der Waals surface area contributed by atoms with Crippen molar-refractivity contribution in [1.82, 2.24) is 19.6 Å². The summed E-state index contributed by atoms with van der Waals surface area (Å²) in [4.78, 5) is 4.44. The third kappa shape index (κ3) is 3.04. The Balaban J connectivity index is 1.85. The Bertz CT molecular complexity index is 961. The maximum absolute atomic E-state index is 13.3. The summed E-state index contributed by atoms with van der Waals surface area (Å²) in [5.41, 5.74) is 0.663. The molecule has 0 saturated heterocycles. The average molecular weight is 389 g/mol. The van der Waals surface area contributed by atoms with Crippen LogP contribution in [0.2, 0.25) is 5.02 Å². The molecule has 2 aromatic heterocycles. The third-order valence-corrected chi connectivity index (χ3v) is 5.62. The number of aromatic nitrogens is 4. The van der Waals surface area contributed by atoms with Gasteiger partial charge in [0.15, 0.2) is 5.65 Å². The van der Waals surface area contributed by atoms with Crippen molar-refractivity contribution in [1.29, 1.82) is 0 Å². The lowest BCUT2D eigenvalue weighted by atomic mass is 10.3. The third-order valence-electron chi connectivity index (χ3n) is 4.25. The molecule has 1 aliphatic rings. The highest BCUT2D eigenvalue weighted by atomic mass is 35.5. The zero-order chi connectivity index (χ0) is 17.8. The van der Waals surface area contributed by atoms with Crippen molar-refractivity contribution in [2.45, 2.75) is 17.6 Å². The molecule has 0 bridgehead atoms. The smallest absolute Gasteiger partial charge is 0.396 e. The minimum absolute atomic E-state index is 0.0632. The number of nitrogens with zero attached hydrogens (tertiary/aromatic N) is 4. The Morgan fingerprint density at radius 2 is 2.08 bits per heavy atom. The summed E-state index contributed by atoms with van der Waals surface area (Å²) < 4.78 is 40.9. The summed E-state index contributed by atoms with van der Waals surface area (Å²) >= 11 is 7.28. The van der Waals surface area contributed by atoms with E-state index in [1.165, 1.54) is 17.8 Å². The van der Waals surface area contributed by atoms with Gasteiger partial charge in [-0.15, -0.1) is 22.0 Å². The van der Waals surface area contributed by atoms with Crippen molar-refractivity contribution in [3.63, 3.8) is 0 Å². The van der Waals surface area contributed by atoms with Crippen LogP contribution in [0, 0.1) is 11.8 Å². The Morgan fingerprint density at radius 3 is 2.76 bits per heavy atom. The van der Waals surface area contributed by atoms with Crippen LogP contribution in [0.4, 0.5) is 13.2 Å². The van der Waals surface area contributed by atoms with E-state index in [2.05, 4.69) is 15.2 Å². The second-order valence-corrected chi connectivity index (χ2v) is 7.42. The van der Waals surface area contributed by atoms with Gasteiger partial charge >= 0.3 is 6.18 Å². The molecule has 4 rings (SSSR count). The second kappa shape index (κ2) is 6.00. The van der Waals surface area contributed by atoms with E-state index in [9.17, 15) is 13.2 Å². The fourth-order valence-electron chi connectivity index (χ4n) is 2.79. The largest absolute Gasteiger partial charge is 0.452 e. The first-order valence-electron chi connectivity index (χ1n) is 7.53. The van der Waals surface area contributed by atoms with E-state index in [0.717, 1.165) is 10.8 Å². The number of aliphatic hydroxyl groups is 1. The Hall–Kier alpha value is -1.58. The Morgan fingerprint density at radius 1 is 1.28 bits per heavy atom. The summed E-state index contributed by atoms with van der Waals surface area (Å²) in [5, 5.41) is 16.9. The number of rotatable bonds is 4. The molecule has 3 aromatic rings. The van der Waals surface area contributed by atoms with Crippen LogP contribution in [0.3, 0.4) is 0 Å². The molecule has 0 spiro atoms. The molecular formula is C15H12ClF3N4OS. The first-order valence-corrected chi connectivity index (χ1v) is 8.90. The van der Waals surface area contributed by atoms with Gasteiger partial charge in [-0.3, -0.25) is 4.40 Å². The summed E-state index contributed by atoms with van der Waals surface area (Å²) in [7, 11) is 0. The van der Waals surface area contributed by atoms with Crippen molar-refractivity contribution in [3.05, 3.63) is 29.0 Å². The van der Waals surface area contributed by atoms with Gasteiger partial charge in [0.05, 0.1) is 11.0 Å². The SMILES string of the molecule is OC[C@@H]1C[C@H]1CSc1nc2ccc(Cl)cc2n2c(C(F)(F)F)nnc12. The molecule has 2 atom stereocenters. The van der Waals surface area contributed by atoms with Crippen LogP contribution < -0.4 is 0 Å². The molecule has 1 aromatic carbocycles. The van der Waals surface area contributed by atoms with Crippen molar-refractivity contribution in [3.8, 4) is 0 Å². The number of alkyl halides is 3. The van der Waals surface area contributed by atoms with Crippen LogP contribution in [0.25, 0.3) is 16.7 Å². The zero-order valence-corrected chi connectivity index (χ0v) is 14.2. The normalized spacial score (nSPS) is 20.5. The van der Waals surface area contributed by atoms with Crippen LogP contribution in [0.1, 0.15) is 12.2 Å². The molecule has 1 N–H and O–H groups in total. The van der Waals surface area contributed by atoms with Gasteiger partial charge in [0.2, 0.25) is 5.82 Å². The van der Waals surface area contributed by atoms with Gasteiger partial charge in [-0.05, 0) is 36.5 Å². The lowest BCUT2D eigenvalue weighted by molar-refractivity contribution is -0.145. The molecule has 1 saturated carbocycles. The molecule has 0 unspecified atom stereocenters. The van der Waals surface area contributed by atoms with Crippen molar-refractivity contribution in [2.75, 3.05) is 12.4 Å². The van der Waals surface area contributed by atoms with Crippen LogP contribution in [0.5, 0.6) is 0 Å². The number of fused-ring (bicyclic) bond motifs is 3. The summed E-state index contributed by atoms with van der Waals surface area (Å²) in [6, 6.07) is 4.58. The number of aliphatic hydroxyl groups excluding tert-OH is 1. The van der Waals surface area contributed by atoms with E-state index in [-0.39, 0.29) is 23.7 Å². The molecule has 0 amide bonds. The van der Waals surface area contributed by atoms with Crippen molar-refractivity contribution in [2.24, 2.45) is 11.8 Å². The number of hydrogen-bond acceptors (Lipinski definition) is 5. The van der Waals surface area contributed by atoms with E-state index < -0.39 is 12.0 Å². The molecule has 5 nitrogen and oxygen atoms in total. The van der Waals surface area contributed by atoms with E-state index in [1.54, 1.807) is 12.1 Å². The highest BCUT2D eigenvalue weighted by Crippen LogP contribution is 2.42. The molecular weight excluding hydrogens is 377 g/mol. The van der Waals surface area contributed by atoms with Crippen LogP contribution in [0.15, 0.2) is 23.2 Å². The van der Waals surface area contributed by atoms with Gasteiger partial charge in [-0.25, -0.2) is 4.98 Å². The molecule has 25 heavy (non-hydrogen) atoms. The maximum Gasteiger partial charge on any atom is 0.452 e. The van der Waals surface area contributed by atoms with Gasteiger partial charge in [0.1, 0.15) is 5.03 Å². The minimum Gasteiger partial charge on any atom is -0.396 e. The van der Waals surface area contributed by atoms with Gasteiger partial charge in [0.25, 0.3) is 0 Å². The summed E-state index contributed by atoms with van der Waals surface area (Å²) in [6.07, 6.45) is -3.72. The van der Waals surface area contributed by atoms with Gasteiger partial charge in [-0.1, -0.05) is 11.6 Å². The first-order chi connectivity index (χ1) is 11.9. The minimum atomic E-state index is -4.64. The summed E-state index contributed by atoms with van der Waals surface area (Å²) in [5.74, 6) is 0.189. The van der Waals surface area contributed by atoms with Crippen LogP contribution >= 0.6 is 23.4 Å². The lowest BCUT2D eigenvalue weighted by Gasteiger charge is -2.10. The predicted molar refractivity (Wildman–Crippen MR) is 87.7 cm³/mol. The molecule has 0 aliphatic heterocycles. The van der Waals surface area contributed by atoms with E-state index in [0.29, 0.717) is 27.2 Å². The lowest BCUT2D eigenvalue weighted by Crippen LogP contribution is -2.12.